The molecule has 0 aromatic heterocycles. The van der Waals surface area contributed by atoms with E-state index in [9.17, 15) is 23.7 Å². The fraction of sp³-hybridized carbons (Fsp3) is 0.467. The lowest BCUT2D eigenvalue weighted by molar-refractivity contribution is -0.146. The van der Waals surface area contributed by atoms with E-state index >= 15 is 0 Å². The SMILES string of the molecule is CCCCOC(=O)c1ccccc1OP(=O)(CC(CCC(=O)OC)C(=O)OC)Oc1ccccc1C(=O)OCCCC. The van der Waals surface area contributed by atoms with Crippen LogP contribution < -0.4 is 9.05 Å². The van der Waals surface area contributed by atoms with Gasteiger partial charge in [0, 0.05) is 6.42 Å². The van der Waals surface area contributed by atoms with Crippen LogP contribution in [0.5, 0.6) is 11.5 Å². The Morgan fingerprint density at radius 1 is 0.738 bits per heavy atom. The van der Waals surface area contributed by atoms with Crippen LogP contribution in [0.2, 0.25) is 0 Å². The molecular formula is C30H39O11P. The second kappa shape index (κ2) is 17.9. The summed E-state index contributed by atoms with van der Waals surface area (Å²) in [6.45, 7) is 4.27. The molecule has 12 heteroatoms. The minimum atomic E-state index is -4.42. The van der Waals surface area contributed by atoms with Crippen molar-refractivity contribution in [3.8, 4) is 11.5 Å². The molecule has 0 fully saturated rings. The molecule has 0 saturated heterocycles. The van der Waals surface area contributed by atoms with E-state index in [1.165, 1.54) is 31.4 Å². The zero-order valence-corrected chi connectivity index (χ0v) is 25.4. The second-order valence-corrected chi connectivity index (χ2v) is 11.2. The molecule has 0 bridgehead atoms. The van der Waals surface area contributed by atoms with Crippen molar-refractivity contribution < 1.29 is 51.7 Å². The maximum absolute atomic E-state index is 14.5. The summed E-state index contributed by atoms with van der Waals surface area (Å²) >= 11 is 0. The number of benzene rings is 2. The lowest BCUT2D eigenvalue weighted by atomic mass is 10.1. The van der Waals surface area contributed by atoms with Crippen LogP contribution in [0.4, 0.5) is 0 Å². The average Bonchev–Trinajstić information content (AvgIpc) is 2.99. The molecule has 2 rings (SSSR count). The van der Waals surface area contributed by atoms with E-state index in [0.29, 0.717) is 12.8 Å². The van der Waals surface area contributed by atoms with Gasteiger partial charge in [0.25, 0.3) is 0 Å². The second-order valence-electron chi connectivity index (χ2n) is 9.28. The fourth-order valence-electron chi connectivity index (χ4n) is 3.71. The Labute approximate surface area is 246 Å². The molecule has 0 aliphatic rings. The number of carbonyl (C=O) groups is 4. The quantitative estimate of drug-likeness (QED) is 0.0854. The molecule has 1 atom stereocenters. The summed E-state index contributed by atoms with van der Waals surface area (Å²) in [5, 5.41) is 0. The van der Waals surface area contributed by atoms with E-state index in [-0.39, 0.29) is 48.7 Å². The van der Waals surface area contributed by atoms with Crippen molar-refractivity contribution in [3.63, 3.8) is 0 Å². The van der Waals surface area contributed by atoms with Crippen molar-refractivity contribution >= 4 is 31.5 Å². The molecule has 0 amide bonds. The van der Waals surface area contributed by atoms with Gasteiger partial charge in [-0.05, 0) is 43.5 Å². The molecule has 2 aromatic rings. The summed E-state index contributed by atoms with van der Waals surface area (Å²) in [6.07, 6.45) is 2.14. The van der Waals surface area contributed by atoms with E-state index in [1.54, 1.807) is 24.3 Å². The number of para-hydroxylation sites is 2. The van der Waals surface area contributed by atoms with Gasteiger partial charge in [-0.25, -0.2) is 14.2 Å². The zero-order valence-electron chi connectivity index (χ0n) is 24.5. The van der Waals surface area contributed by atoms with E-state index < -0.39 is 43.6 Å². The van der Waals surface area contributed by atoms with Gasteiger partial charge in [-0.3, -0.25) is 9.59 Å². The van der Waals surface area contributed by atoms with E-state index in [0.717, 1.165) is 20.0 Å². The number of ether oxygens (including phenoxy) is 4. The highest BCUT2D eigenvalue weighted by Gasteiger charge is 2.38. The van der Waals surface area contributed by atoms with Crippen molar-refractivity contribution in [1.82, 2.24) is 0 Å². The molecule has 0 saturated carbocycles. The first kappa shape index (κ1) is 34.4. The maximum Gasteiger partial charge on any atom is 0.431 e. The molecule has 11 nitrogen and oxygen atoms in total. The predicted molar refractivity (Wildman–Crippen MR) is 154 cm³/mol. The van der Waals surface area contributed by atoms with Crippen LogP contribution in [-0.4, -0.2) is 57.5 Å². The molecule has 2 aromatic carbocycles. The number of hydrogen-bond donors (Lipinski definition) is 0. The molecule has 42 heavy (non-hydrogen) atoms. The van der Waals surface area contributed by atoms with Crippen molar-refractivity contribution in [2.45, 2.75) is 52.4 Å². The number of carbonyl (C=O) groups excluding carboxylic acids is 4. The average molecular weight is 607 g/mol. The van der Waals surface area contributed by atoms with Gasteiger partial charge in [0.05, 0.1) is 39.5 Å². The van der Waals surface area contributed by atoms with Crippen molar-refractivity contribution in [2.24, 2.45) is 5.92 Å². The lowest BCUT2D eigenvalue weighted by Gasteiger charge is -2.25. The van der Waals surface area contributed by atoms with Crippen LogP contribution in [0.15, 0.2) is 48.5 Å². The number of rotatable bonds is 18. The van der Waals surface area contributed by atoms with Crippen LogP contribution in [0.3, 0.4) is 0 Å². The smallest absolute Gasteiger partial charge is 0.431 e. The highest BCUT2D eigenvalue weighted by molar-refractivity contribution is 7.54. The van der Waals surface area contributed by atoms with E-state index in [1.807, 2.05) is 13.8 Å². The van der Waals surface area contributed by atoms with Crippen molar-refractivity contribution in [2.75, 3.05) is 33.6 Å². The van der Waals surface area contributed by atoms with Gasteiger partial charge in [-0.1, -0.05) is 51.0 Å². The molecule has 0 aliphatic heterocycles. The Morgan fingerprint density at radius 3 is 1.64 bits per heavy atom. The standard InChI is InChI=1S/C30H39O11P/c1-5-7-19-38-29(33)23-13-9-11-15-25(23)40-42(35,21-22(28(32)37-4)17-18-27(31)36-3)41-26-16-12-10-14-24(26)30(34)39-20-8-6-2/h9-16,22H,5-8,17-21H2,1-4H3. The first-order valence-corrected chi connectivity index (χ1v) is 15.6. The lowest BCUT2D eigenvalue weighted by Crippen LogP contribution is -2.24. The number of esters is 4. The van der Waals surface area contributed by atoms with Gasteiger partial charge in [0.1, 0.15) is 22.6 Å². The molecule has 0 radical (unpaired) electrons. The topological polar surface area (TPSA) is 141 Å². The van der Waals surface area contributed by atoms with Crippen LogP contribution in [-0.2, 0) is 33.1 Å². The zero-order chi connectivity index (χ0) is 31.0. The van der Waals surface area contributed by atoms with Crippen molar-refractivity contribution in [3.05, 3.63) is 59.7 Å². The monoisotopic (exact) mass is 606 g/mol. The minimum Gasteiger partial charge on any atom is -0.469 e. The Hall–Kier alpha value is -3.85. The van der Waals surface area contributed by atoms with Crippen LogP contribution in [0.1, 0.15) is 73.1 Å². The van der Waals surface area contributed by atoms with E-state index in [4.69, 9.17) is 23.3 Å². The molecular weight excluding hydrogens is 567 g/mol. The van der Waals surface area contributed by atoms with Gasteiger partial charge >= 0.3 is 31.5 Å². The Morgan fingerprint density at radius 2 is 1.21 bits per heavy atom. The molecule has 230 valence electrons. The summed E-state index contributed by atoms with van der Waals surface area (Å²) in [6, 6.07) is 12.0. The molecule has 0 N–H and O–H groups in total. The van der Waals surface area contributed by atoms with Crippen LogP contribution in [0.25, 0.3) is 0 Å². The number of unbranched alkanes of at least 4 members (excludes halogenated alkanes) is 2. The largest absolute Gasteiger partial charge is 0.469 e. The van der Waals surface area contributed by atoms with Crippen molar-refractivity contribution in [1.29, 1.82) is 0 Å². The third-order valence-corrected chi connectivity index (χ3v) is 7.89. The van der Waals surface area contributed by atoms with E-state index in [2.05, 4.69) is 4.74 Å². The normalized spacial score (nSPS) is 11.6. The third kappa shape index (κ3) is 10.9. The van der Waals surface area contributed by atoms with Gasteiger partial charge in [0.2, 0.25) is 0 Å². The highest BCUT2D eigenvalue weighted by Crippen LogP contribution is 2.52. The summed E-state index contributed by atoms with van der Waals surface area (Å²) < 4.78 is 46.5. The predicted octanol–water partition coefficient (Wildman–Crippen LogP) is 5.99. The highest BCUT2D eigenvalue weighted by atomic mass is 31.2. The number of methoxy groups -OCH3 is 2. The maximum atomic E-state index is 14.5. The summed E-state index contributed by atoms with van der Waals surface area (Å²) in [5.74, 6) is -4.07. The van der Waals surface area contributed by atoms with Gasteiger partial charge < -0.3 is 28.0 Å². The third-order valence-electron chi connectivity index (χ3n) is 6.05. The van der Waals surface area contributed by atoms with Gasteiger partial charge in [0.15, 0.2) is 0 Å². The fourth-order valence-corrected chi connectivity index (χ4v) is 5.69. The van der Waals surface area contributed by atoms with Crippen LogP contribution in [0, 0.1) is 5.92 Å². The molecule has 0 heterocycles. The number of hydrogen-bond acceptors (Lipinski definition) is 11. The summed E-state index contributed by atoms with van der Waals surface area (Å²) in [4.78, 5) is 50.1. The first-order chi connectivity index (χ1) is 20.2. The first-order valence-electron chi connectivity index (χ1n) is 13.8. The summed E-state index contributed by atoms with van der Waals surface area (Å²) in [7, 11) is -2.06. The van der Waals surface area contributed by atoms with Gasteiger partial charge in [-0.15, -0.1) is 0 Å². The van der Waals surface area contributed by atoms with Gasteiger partial charge in [-0.2, -0.15) is 0 Å². The minimum absolute atomic E-state index is 0.00568. The Kier molecular flexibility index (Phi) is 14.6. The molecule has 0 aliphatic carbocycles. The summed E-state index contributed by atoms with van der Waals surface area (Å²) in [5.41, 5.74) is -0.0114. The molecule has 0 spiro atoms. The Bertz CT molecular complexity index is 1170. The molecule has 1 unspecified atom stereocenters. The Balaban J connectivity index is 2.51. The van der Waals surface area contributed by atoms with Crippen LogP contribution >= 0.6 is 7.60 Å².